The van der Waals surface area contributed by atoms with Gasteiger partial charge < -0.3 is 15.3 Å². The summed E-state index contributed by atoms with van der Waals surface area (Å²) in [6.45, 7) is 17.9. The van der Waals surface area contributed by atoms with Crippen LogP contribution in [0.15, 0.2) is 0 Å². The van der Waals surface area contributed by atoms with Gasteiger partial charge in [0.2, 0.25) is 0 Å². The topological polar surface area (TPSA) is 35.5 Å². The van der Waals surface area contributed by atoms with Crippen LogP contribution in [0.3, 0.4) is 0 Å². The molecule has 0 radical (unpaired) electrons. The Morgan fingerprint density at radius 2 is 1.44 bits per heavy atom. The lowest BCUT2D eigenvalue weighted by molar-refractivity contribution is 0.113. The van der Waals surface area contributed by atoms with Gasteiger partial charge in [-0.25, -0.2) is 0 Å². The average Bonchev–Trinajstić information content (AvgIpc) is 2.30. The monoisotopic (exact) mass is 258 g/mol. The molecule has 0 fully saturated rings. The molecule has 0 bridgehead atoms. The first kappa shape index (κ1) is 17.9. The van der Waals surface area contributed by atoms with Gasteiger partial charge in [0.25, 0.3) is 0 Å². The van der Waals surface area contributed by atoms with Crippen LogP contribution >= 0.6 is 0 Å². The lowest BCUT2D eigenvalue weighted by atomic mass is 9.85. The van der Waals surface area contributed by atoms with Gasteiger partial charge in [0.15, 0.2) is 0 Å². The molecule has 0 aliphatic rings. The van der Waals surface area contributed by atoms with E-state index in [1.807, 2.05) is 0 Å². The number of nitrogens with one attached hydrogen (secondary N) is 1. The highest BCUT2D eigenvalue weighted by Crippen LogP contribution is 2.19. The van der Waals surface area contributed by atoms with Gasteiger partial charge in [0, 0.05) is 13.1 Å². The maximum absolute atomic E-state index is 9.97. The Bertz CT molecular complexity index is 183. The predicted molar refractivity (Wildman–Crippen MR) is 79.8 cm³/mol. The molecule has 0 rings (SSSR count). The Hall–Kier alpha value is -0.120. The second-order valence-electron chi connectivity index (χ2n) is 5.95. The molecule has 0 saturated carbocycles. The van der Waals surface area contributed by atoms with E-state index >= 15 is 0 Å². The van der Waals surface area contributed by atoms with Crippen molar-refractivity contribution in [1.82, 2.24) is 10.2 Å². The highest BCUT2D eigenvalue weighted by Gasteiger charge is 2.17. The molecular weight excluding hydrogens is 224 g/mol. The van der Waals surface area contributed by atoms with Gasteiger partial charge in [0.05, 0.1) is 6.10 Å². The molecule has 0 aromatic heterocycles. The molecule has 0 aromatic rings. The Labute approximate surface area is 114 Å². The number of rotatable bonds is 10. The van der Waals surface area contributed by atoms with Crippen LogP contribution in [0.1, 0.15) is 41.5 Å². The van der Waals surface area contributed by atoms with Crippen molar-refractivity contribution >= 4 is 0 Å². The molecule has 2 N–H and O–H groups in total. The van der Waals surface area contributed by atoms with Crippen LogP contribution in [0, 0.1) is 17.8 Å². The molecular formula is C15H34N2O. The summed E-state index contributed by atoms with van der Waals surface area (Å²) in [5.41, 5.74) is 0. The van der Waals surface area contributed by atoms with Crippen molar-refractivity contribution < 1.29 is 5.11 Å². The molecule has 0 aromatic carbocycles. The second kappa shape index (κ2) is 9.76. The first-order chi connectivity index (χ1) is 8.42. The SMILES string of the molecule is CCN(CC)CC(O)CNCC(C(C)C)C(C)C. The lowest BCUT2D eigenvalue weighted by Gasteiger charge is -2.27. The summed E-state index contributed by atoms with van der Waals surface area (Å²) >= 11 is 0. The molecule has 3 heteroatoms. The quantitative estimate of drug-likeness (QED) is 0.630. The van der Waals surface area contributed by atoms with Crippen molar-refractivity contribution in [2.45, 2.75) is 47.6 Å². The maximum atomic E-state index is 9.97. The molecule has 0 amide bonds. The Morgan fingerprint density at radius 1 is 0.944 bits per heavy atom. The van der Waals surface area contributed by atoms with Gasteiger partial charge in [-0.2, -0.15) is 0 Å². The first-order valence-electron chi connectivity index (χ1n) is 7.53. The van der Waals surface area contributed by atoms with Crippen molar-refractivity contribution in [2.75, 3.05) is 32.7 Å². The second-order valence-corrected chi connectivity index (χ2v) is 5.95. The van der Waals surface area contributed by atoms with Crippen molar-refractivity contribution in [3.05, 3.63) is 0 Å². The number of hydrogen-bond donors (Lipinski definition) is 2. The summed E-state index contributed by atoms with van der Waals surface area (Å²) in [6, 6.07) is 0. The van der Waals surface area contributed by atoms with E-state index in [2.05, 4.69) is 51.8 Å². The van der Waals surface area contributed by atoms with E-state index < -0.39 is 0 Å². The van der Waals surface area contributed by atoms with E-state index in [1.54, 1.807) is 0 Å². The largest absolute Gasteiger partial charge is 0.390 e. The van der Waals surface area contributed by atoms with Crippen LogP contribution in [-0.2, 0) is 0 Å². The Morgan fingerprint density at radius 3 is 1.83 bits per heavy atom. The first-order valence-corrected chi connectivity index (χ1v) is 7.53. The zero-order chi connectivity index (χ0) is 14.1. The van der Waals surface area contributed by atoms with Crippen LogP contribution < -0.4 is 5.32 Å². The molecule has 0 spiro atoms. The summed E-state index contributed by atoms with van der Waals surface area (Å²) in [5, 5.41) is 13.4. The van der Waals surface area contributed by atoms with Crippen LogP contribution in [0.2, 0.25) is 0 Å². The zero-order valence-corrected chi connectivity index (χ0v) is 13.2. The Balaban J connectivity index is 3.88. The fourth-order valence-corrected chi connectivity index (χ4v) is 2.50. The van der Waals surface area contributed by atoms with E-state index in [0.29, 0.717) is 24.3 Å². The van der Waals surface area contributed by atoms with Gasteiger partial charge in [-0.05, 0) is 37.4 Å². The van der Waals surface area contributed by atoms with Crippen molar-refractivity contribution in [3.8, 4) is 0 Å². The van der Waals surface area contributed by atoms with Gasteiger partial charge in [-0.1, -0.05) is 41.5 Å². The predicted octanol–water partition coefficient (Wildman–Crippen LogP) is 2.21. The fraction of sp³-hybridized carbons (Fsp3) is 1.00. The number of hydrogen-bond acceptors (Lipinski definition) is 3. The van der Waals surface area contributed by atoms with Crippen molar-refractivity contribution in [1.29, 1.82) is 0 Å². The van der Waals surface area contributed by atoms with E-state index in [9.17, 15) is 5.11 Å². The number of nitrogens with zero attached hydrogens (tertiary/aromatic N) is 1. The minimum atomic E-state index is -0.259. The maximum Gasteiger partial charge on any atom is 0.0791 e. The van der Waals surface area contributed by atoms with Gasteiger partial charge in [-0.3, -0.25) is 0 Å². The average molecular weight is 258 g/mol. The van der Waals surface area contributed by atoms with E-state index in [0.717, 1.165) is 26.2 Å². The third-order valence-corrected chi connectivity index (χ3v) is 3.84. The highest BCUT2D eigenvalue weighted by atomic mass is 16.3. The van der Waals surface area contributed by atoms with E-state index in [-0.39, 0.29) is 6.10 Å². The van der Waals surface area contributed by atoms with Gasteiger partial charge in [0.1, 0.15) is 0 Å². The van der Waals surface area contributed by atoms with Gasteiger partial charge >= 0.3 is 0 Å². The van der Waals surface area contributed by atoms with Gasteiger partial charge in [-0.15, -0.1) is 0 Å². The van der Waals surface area contributed by atoms with Crippen molar-refractivity contribution in [3.63, 3.8) is 0 Å². The minimum absolute atomic E-state index is 0.259. The molecule has 1 unspecified atom stereocenters. The number of likely N-dealkylation sites (N-methyl/N-ethyl adjacent to an activating group) is 1. The van der Waals surface area contributed by atoms with E-state index in [4.69, 9.17) is 0 Å². The molecule has 1 atom stereocenters. The number of aliphatic hydroxyl groups is 1. The molecule has 3 nitrogen and oxygen atoms in total. The molecule has 0 aliphatic heterocycles. The fourth-order valence-electron chi connectivity index (χ4n) is 2.50. The minimum Gasteiger partial charge on any atom is -0.390 e. The summed E-state index contributed by atoms with van der Waals surface area (Å²) in [7, 11) is 0. The zero-order valence-electron chi connectivity index (χ0n) is 13.2. The summed E-state index contributed by atoms with van der Waals surface area (Å²) in [5.74, 6) is 2.07. The normalized spacial score (nSPS) is 14.2. The van der Waals surface area contributed by atoms with Crippen LogP contribution in [0.5, 0.6) is 0 Å². The number of aliphatic hydroxyl groups excluding tert-OH is 1. The smallest absolute Gasteiger partial charge is 0.0791 e. The summed E-state index contributed by atoms with van der Waals surface area (Å²) < 4.78 is 0. The van der Waals surface area contributed by atoms with Crippen LogP contribution in [-0.4, -0.2) is 48.8 Å². The highest BCUT2D eigenvalue weighted by molar-refractivity contribution is 4.72. The summed E-state index contributed by atoms with van der Waals surface area (Å²) in [4.78, 5) is 2.26. The van der Waals surface area contributed by atoms with Crippen molar-refractivity contribution in [2.24, 2.45) is 17.8 Å². The molecule has 110 valence electrons. The Kier molecular flexibility index (Phi) is 9.70. The third-order valence-electron chi connectivity index (χ3n) is 3.84. The molecule has 18 heavy (non-hydrogen) atoms. The summed E-state index contributed by atoms with van der Waals surface area (Å²) in [6.07, 6.45) is -0.259. The lowest BCUT2D eigenvalue weighted by Crippen LogP contribution is -2.40. The molecule has 0 saturated heterocycles. The van der Waals surface area contributed by atoms with Crippen LogP contribution in [0.25, 0.3) is 0 Å². The standard InChI is InChI=1S/C15H34N2O/c1-7-17(8-2)11-14(18)9-16-10-15(12(3)4)13(5)6/h12-16,18H,7-11H2,1-6H3. The molecule has 0 heterocycles. The molecule has 0 aliphatic carbocycles. The van der Waals surface area contributed by atoms with E-state index in [1.165, 1.54) is 0 Å². The third kappa shape index (κ3) is 7.34. The van der Waals surface area contributed by atoms with Crippen LogP contribution in [0.4, 0.5) is 0 Å².